The molecule has 0 aromatic rings. The zero-order valence-electron chi connectivity index (χ0n) is 38.6. The molecule has 0 amide bonds. The molecule has 27 atom stereocenters. The number of fused-ring (bicyclic) bond motifs is 10. The predicted octanol–water partition coefficient (Wildman–Crippen LogP) is 0.0945. The Kier molecular flexibility index (Phi) is 12.5. The predicted molar refractivity (Wildman–Crippen MR) is 223 cm³/mol. The number of aliphatic hydroxyl groups excluding tert-OH is 10. The summed E-state index contributed by atoms with van der Waals surface area (Å²) < 4.78 is 43.5. The average molecular weight is 913 g/mol. The number of ether oxygens (including phenoxy) is 7. The van der Waals surface area contributed by atoms with Crippen LogP contribution >= 0.6 is 0 Å². The van der Waals surface area contributed by atoms with Crippen LogP contribution in [0.25, 0.3) is 0 Å². The summed E-state index contributed by atoms with van der Waals surface area (Å²) >= 11 is 0. The largest absolute Gasteiger partial charge is 0.396 e. The summed E-state index contributed by atoms with van der Waals surface area (Å²) in [5.74, 6) is 0.905. The lowest BCUT2D eigenvalue weighted by Gasteiger charge is -2.71. The van der Waals surface area contributed by atoms with Crippen molar-refractivity contribution in [2.24, 2.45) is 56.7 Å². The Hall–Kier alpha value is -0.940. The molecule has 4 heterocycles. The highest BCUT2D eigenvalue weighted by molar-refractivity contribution is 5.42. The fourth-order valence-corrected chi connectivity index (χ4v) is 15.6. The summed E-state index contributed by atoms with van der Waals surface area (Å²) in [5.41, 5.74) is -0.559. The molecule has 27 unspecified atom stereocenters. The molecular formula is C47H76O17. The molecule has 0 radical (unpaired) electrons. The van der Waals surface area contributed by atoms with Crippen LogP contribution in [0.2, 0.25) is 0 Å². The van der Waals surface area contributed by atoms with Gasteiger partial charge in [0.05, 0.1) is 50.3 Å². The van der Waals surface area contributed by atoms with Crippen molar-refractivity contribution in [3.05, 3.63) is 11.6 Å². The van der Waals surface area contributed by atoms with Crippen LogP contribution < -0.4 is 0 Å². The molecule has 9 rings (SSSR count). The summed E-state index contributed by atoms with van der Waals surface area (Å²) in [4.78, 5) is 0. The second kappa shape index (κ2) is 16.6. The van der Waals surface area contributed by atoms with E-state index in [-0.39, 0.29) is 58.2 Å². The van der Waals surface area contributed by atoms with Crippen LogP contribution in [-0.2, 0) is 33.2 Å². The van der Waals surface area contributed by atoms with E-state index in [1.54, 1.807) is 6.92 Å². The maximum atomic E-state index is 12.6. The molecule has 4 aliphatic heterocycles. The van der Waals surface area contributed by atoms with Gasteiger partial charge in [0.1, 0.15) is 61.0 Å². The van der Waals surface area contributed by atoms with Gasteiger partial charge in [-0.1, -0.05) is 60.1 Å². The Morgan fingerprint density at radius 3 is 2.00 bits per heavy atom. The van der Waals surface area contributed by atoms with E-state index in [1.165, 1.54) is 5.57 Å². The van der Waals surface area contributed by atoms with Crippen LogP contribution in [0.3, 0.4) is 0 Å². The van der Waals surface area contributed by atoms with Gasteiger partial charge in [0.15, 0.2) is 18.9 Å². The second-order valence-electron chi connectivity index (χ2n) is 22.9. The first-order valence-electron chi connectivity index (χ1n) is 24.0. The molecule has 10 N–H and O–H groups in total. The molecule has 4 saturated heterocycles. The van der Waals surface area contributed by atoms with Crippen molar-refractivity contribution < 1.29 is 84.2 Å². The average Bonchev–Trinajstić information content (AvgIpc) is 4.07. The van der Waals surface area contributed by atoms with Crippen molar-refractivity contribution in [2.45, 2.75) is 204 Å². The van der Waals surface area contributed by atoms with Crippen molar-refractivity contribution in [2.75, 3.05) is 19.8 Å². The summed E-state index contributed by atoms with van der Waals surface area (Å²) in [6.07, 6.45) is -15.4. The Labute approximate surface area is 376 Å². The minimum atomic E-state index is -1.80. The monoisotopic (exact) mass is 913 g/mol. The highest BCUT2D eigenvalue weighted by Crippen LogP contribution is 2.79. The lowest BCUT2D eigenvalue weighted by Crippen LogP contribution is -2.70. The maximum absolute atomic E-state index is 12.6. The van der Waals surface area contributed by atoms with Gasteiger partial charge < -0.3 is 84.2 Å². The number of hydrogen-bond donors (Lipinski definition) is 10. The summed E-state index contributed by atoms with van der Waals surface area (Å²) in [6.45, 7) is 16.6. The van der Waals surface area contributed by atoms with Gasteiger partial charge in [-0.3, -0.25) is 0 Å². The van der Waals surface area contributed by atoms with Crippen molar-refractivity contribution >= 4 is 0 Å². The molecule has 366 valence electrons. The number of aliphatic hydroxyl groups is 10. The van der Waals surface area contributed by atoms with Gasteiger partial charge in [-0.25, -0.2) is 0 Å². The smallest absolute Gasteiger partial charge is 0.187 e. The molecule has 0 aromatic heterocycles. The second-order valence-corrected chi connectivity index (χ2v) is 22.9. The lowest BCUT2D eigenvalue weighted by atomic mass is 9.33. The first-order chi connectivity index (χ1) is 30.0. The molecule has 5 aliphatic carbocycles. The van der Waals surface area contributed by atoms with E-state index in [1.807, 2.05) is 0 Å². The van der Waals surface area contributed by atoms with Gasteiger partial charge in [0, 0.05) is 16.7 Å². The highest BCUT2D eigenvalue weighted by Gasteiger charge is 2.79. The molecule has 0 aromatic carbocycles. The topological polar surface area (TPSA) is 270 Å². The van der Waals surface area contributed by atoms with Gasteiger partial charge in [-0.05, 0) is 85.4 Å². The lowest BCUT2D eigenvalue weighted by molar-refractivity contribution is -0.393. The van der Waals surface area contributed by atoms with Crippen LogP contribution in [0.5, 0.6) is 0 Å². The standard InChI is InChI=1S/C47H76O17/c1-19-9-14-47(18-49)28(20(19)2)22-15-23(50)37-44(6)12-11-27(43(4,5)26(44)10-13-45(37,7)46(22,8)38-39(47)64-38)61-41-35(32(55)29(52)21(3)59-41)63-42-36(33(56)31(54)25(16-48)60-42)62-40-34(57)30(53)24(51)17-58-40/h15,19-21,23-42,48-57H,9-14,16-18H2,1-8H3. The van der Waals surface area contributed by atoms with E-state index in [0.717, 1.165) is 25.7 Å². The van der Waals surface area contributed by atoms with Crippen molar-refractivity contribution in [3.8, 4) is 0 Å². The van der Waals surface area contributed by atoms with Crippen LogP contribution in [-0.4, -0.2) is 181 Å². The Morgan fingerprint density at radius 1 is 0.672 bits per heavy atom. The van der Waals surface area contributed by atoms with Crippen LogP contribution in [0, 0.1) is 56.7 Å². The zero-order chi connectivity index (χ0) is 46.4. The Bertz CT molecular complexity index is 1750. The van der Waals surface area contributed by atoms with Crippen LogP contribution in [0.4, 0.5) is 0 Å². The number of epoxide rings is 1. The molecule has 4 saturated carbocycles. The van der Waals surface area contributed by atoms with E-state index < -0.39 is 117 Å². The minimum absolute atomic E-state index is 0.0156. The summed E-state index contributed by atoms with van der Waals surface area (Å²) in [5, 5.41) is 110. The van der Waals surface area contributed by atoms with Gasteiger partial charge >= 0.3 is 0 Å². The van der Waals surface area contributed by atoms with Crippen LogP contribution in [0.15, 0.2) is 11.6 Å². The Morgan fingerprint density at radius 2 is 1.33 bits per heavy atom. The minimum Gasteiger partial charge on any atom is -0.396 e. The van der Waals surface area contributed by atoms with Gasteiger partial charge in [-0.15, -0.1) is 0 Å². The third kappa shape index (κ3) is 6.79. The van der Waals surface area contributed by atoms with E-state index >= 15 is 0 Å². The van der Waals surface area contributed by atoms with Crippen LogP contribution in [0.1, 0.15) is 93.9 Å². The van der Waals surface area contributed by atoms with Gasteiger partial charge in [-0.2, -0.15) is 0 Å². The van der Waals surface area contributed by atoms with Crippen molar-refractivity contribution in [3.63, 3.8) is 0 Å². The number of rotatable bonds is 8. The molecule has 0 spiro atoms. The summed E-state index contributed by atoms with van der Waals surface area (Å²) in [7, 11) is 0. The maximum Gasteiger partial charge on any atom is 0.187 e. The third-order valence-corrected chi connectivity index (χ3v) is 19.6. The summed E-state index contributed by atoms with van der Waals surface area (Å²) in [6, 6.07) is 0. The molecule has 17 heteroatoms. The SMILES string of the molecule is CC1CCC2(CO)C3OC3C3(C)C(=CC(O)C4C5(C)CCC(OC6OC(C)C(O)C(O)C6OC6OC(CO)C(O)C(O)C6OC6OCC(O)C(O)C6O)C(C)(C)C5CCC43C)C2C1C. The number of hydrogen-bond acceptors (Lipinski definition) is 17. The third-order valence-electron chi connectivity index (χ3n) is 19.6. The fraction of sp³-hybridized carbons (Fsp3) is 0.957. The van der Waals surface area contributed by atoms with E-state index in [2.05, 4.69) is 54.5 Å². The van der Waals surface area contributed by atoms with Gasteiger partial charge in [0.25, 0.3) is 0 Å². The Balaban J connectivity index is 0.983. The zero-order valence-corrected chi connectivity index (χ0v) is 38.6. The van der Waals surface area contributed by atoms with Gasteiger partial charge in [0.2, 0.25) is 0 Å². The molecule has 17 nitrogen and oxygen atoms in total. The van der Waals surface area contributed by atoms with E-state index in [0.29, 0.717) is 24.7 Å². The molecule has 8 fully saturated rings. The van der Waals surface area contributed by atoms with E-state index in [4.69, 9.17) is 33.2 Å². The molecule has 0 bridgehead atoms. The van der Waals surface area contributed by atoms with Crippen molar-refractivity contribution in [1.29, 1.82) is 0 Å². The first-order valence-corrected chi connectivity index (χ1v) is 24.0. The fourth-order valence-electron chi connectivity index (χ4n) is 15.6. The molecular weight excluding hydrogens is 836 g/mol. The quantitative estimate of drug-likeness (QED) is 0.0879. The van der Waals surface area contributed by atoms with Crippen molar-refractivity contribution in [1.82, 2.24) is 0 Å². The normalized spacial score (nSPS) is 59.0. The molecule has 64 heavy (non-hydrogen) atoms. The first kappa shape index (κ1) is 48.1. The highest BCUT2D eigenvalue weighted by atomic mass is 16.8. The molecule has 9 aliphatic rings. The van der Waals surface area contributed by atoms with E-state index in [9.17, 15) is 51.1 Å².